The number of benzene rings is 2. The smallest absolute Gasteiger partial charge is 0.328 e. The summed E-state index contributed by atoms with van der Waals surface area (Å²) < 4.78 is 5.80. The first-order valence-corrected chi connectivity index (χ1v) is 22.0. The first-order chi connectivity index (χ1) is 31.6. The second kappa shape index (κ2) is 26.0. The zero-order valence-electron chi connectivity index (χ0n) is 38.8. The van der Waals surface area contributed by atoms with Crippen LogP contribution in [0.15, 0.2) is 72.0 Å². The molecule has 7 atom stereocenters. The lowest BCUT2D eigenvalue weighted by Crippen LogP contribution is -2.62. The average Bonchev–Trinajstić information content (AvgIpc) is 3.28. The Balaban J connectivity index is 2.06. The number of ether oxygens (including phenoxy) is 1. The molecule has 0 radical (unpaired) electrons. The molecule has 67 heavy (non-hydrogen) atoms. The molecular weight excluding hydrogens is 871 g/mol. The topological polar surface area (TPSA) is 308 Å². The number of amides is 7. The van der Waals surface area contributed by atoms with Crippen molar-refractivity contribution in [3.63, 3.8) is 0 Å². The highest BCUT2D eigenvalue weighted by molar-refractivity contribution is 6.02. The van der Waals surface area contributed by atoms with E-state index in [1.165, 1.54) is 63.2 Å². The van der Waals surface area contributed by atoms with E-state index in [4.69, 9.17) is 4.74 Å². The Hall–Kier alpha value is -7.25. The molecule has 1 saturated heterocycles. The number of rotatable bonds is 17. The summed E-state index contributed by atoms with van der Waals surface area (Å²) in [4.78, 5) is 122. The number of carbonyl (C=O) groups excluding carboxylic acids is 8. The highest BCUT2D eigenvalue weighted by Gasteiger charge is 2.38. The van der Waals surface area contributed by atoms with Crippen molar-refractivity contribution in [2.75, 3.05) is 0 Å². The van der Waals surface area contributed by atoms with E-state index in [2.05, 4.69) is 37.2 Å². The van der Waals surface area contributed by atoms with Gasteiger partial charge in [0.2, 0.25) is 35.4 Å². The Labute approximate surface area is 389 Å². The van der Waals surface area contributed by atoms with Gasteiger partial charge in [0.15, 0.2) is 0 Å². The largest absolute Gasteiger partial charge is 0.508 e. The van der Waals surface area contributed by atoms with E-state index in [1.807, 2.05) is 0 Å². The maximum atomic E-state index is 14.4. The number of aryl methyl sites for hydroxylation is 1. The fourth-order valence-corrected chi connectivity index (χ4v) is 6.75. The number of aromatic hydroxyl groups is 2. The van der Waals surface area contributed by atoms with Gasteiger partial charge in [-0.25, -0.2) is 4.79 Å². The molecule has 1 unspecified atom stereocenters. The summed E-state index contributed by atoms with van der Waals surface area (Å²) in [6.07, 6.45) is 1.40. The minimum atomic E-state index is -1.77. The van der Waals surface area contributed by atoms with Crippen LogP contribution in [0.25, 0.3) is 0 Å². The fourth-order valence-electron chi connectivity index (χ4n) is 6.75. The maximum absolute atomic E-state index is 14.4. The monoisotopic (exact) mass is 933 g/mol. The molecule has 2 aromatic carbocycles. The first kappa shape index (κ1) is 54.1. The van der Waals surface area contributed by atoms with Crippen LogP contribution in [0.1, 0.15) is 91.7 Å². The van der Waals surface area contributed by atoms with Crippen molar-refractivity contribution in [2.45, 2.75) is 136 Å². The highest BCUT2D eigenvalue weighted by atomic mass is 16.5. The van der Waals surface area contributed by atoms with Gasteiger partial charge in [-0.15, -0.1) is 0 Å². The van der Waals surface area contributed by atoms with Crippen molar-refractivity contribution in [2.24, 2.45) is 5.92 Å². The van der Waals surface area contributed by atoms with E-state index in [-0.39, 0.29) is 30.0 Å². The zero-order valence-corrected chi connectivity index (χ0v) is 38.8. The molecule has 0 spiro atoms. The number of phenolic OH excluding ortho intramolecular Hbond substituents is 2. The standard InChI is InChI=1S/C47H63N7O13/c1-8-26(5)40(59)53-38(25(3)4)45(64)52-36(24-30-16-20-32(56)21-17-30)44(63)54-39-28(7)67-47(66)35(13-11-10-12-29-14-18-31(55)19-15-29)51-43(62)34(22-23-37(57)58)50-42(61)33(9-2)49-41(60)27(6)48-46(39)65/h8-9,14-21,25,27-28,34-36,38-39,55-56H,10-13,22-24H2,1-7H3,(H,48,65)(H,49,60)(H,50,61)(H,51,62)(H,52,64)(H,53,59)(H,54,63)(H,57,58)/b26-8+,33-9-/t27-,28+,34+,35-,36+,38-,39?/m0/s1. The molecule has 20 heteroatoms. The lowest BCUT2D eigenvalue weighted by Gasteiger charge is -2.30. The molecule has 0 saturated carbocycles. The Morgan fingerprint density at radius 1 is 0.761 bits per heavy atom. The second-order valence-corrected chi connectivity index (χ2v) is 16.6. The van der Waals surface area contributed by atoms with Crippen molar-refractivity contribution in [3.8, 4) is 11.5 Å². The van der Waals surface area contributed by atoms with Gasteiger partial charge in [0.25, 0.3) is 5.91 Å². The third kappa shape index (κ3) is 17.2. The Morgan fingerprint density at radius 3 is 1.94 bits per heavy atom. The van der Waals surface area contributed by atoms with Crippen LogP contribution in [0, 0.1) is 5.92 Å². The minimum absolute atomic E-state index is 0.0345. The number of phenols is 2. The summed E-state index contributed by atoms with van der Waals surface area (Å²) in [5, 5.41) is 46.7. The number of carboxylic acids is 1. The molecule has 3 rings (SSSR count). The molecule has 1 heterocycles. The normalized spacial score (nSPS) is 21.4. The van der Waals surface area contributed by atoms with Crippen molar-refractivity contribution >= 4 is 53.3 Å². The molecule has 10 N–H and O–H groups in total. The van der Waals surface area contributed by atoms with Crippen molar-refractivity contribution in [1.82, 2.24) is 37.2 Å². The number of unbranched alkanes of at least 4 members (excludes halogenated alkanes) is 1. The summed E-state index contributed by atoms with van der Waals surface area (Å²) in [5.74, 6) is -8.86. The summed E-state index contributed by atoms with van der Waals surface area (Å²) >= 11 is 0. The highest BCUT2D eigenvalue weighted by Crippen LogP contribution is 2.17. The molecule has 0 aromatic heterocycles. The summed E-state index contributed by atoms with van der Waals surface area (Å²) in [5.41, 5.74) is 1.34. The Morgan fingerprint density at radius 2 is 1.37 bits per heavy atom. The van der Waals surface area contributed by atoms with E-state index in [0.717, 1.165) is 5.56 Å². The first-order valence-electron chi connectivity index (χ1n) is 22.0. The summed E-state index contributed by atoms with van der Waals surface area (Å²) in [7, 11) is 0. The van der Waals surface area contributed by atoms with Crippen LogP contribution in [-0.2, 0) is 60.7 Å². The number of cyclic esters (lactones) is 1. The number of carbonyl (C=O) groups is 9. The fraction of sp³-hybridized carbons (Fsp3) is 0.468. The molecule has 20 nitrogen and oxygen atoms in total. The molecule has 1 aliphatic rings. The van der Waals surface area contributed by atoms with Crippen LogP contribution in [0.2, 0.25) is 0 Å². The van der Waals surface area contributed by atoms with Gasteiger partial charge in [-0.1, -0.05) is 56.7 Å². The number of hydrogen-bond donors (Lipinski definition) is 10. The number of hydrogen-bond acceptors (Lipinski definition) is 12. The molecule has 364 valence electrons. The van der Waals surface area contributed by atoms with E-state index in [0.29, 0.717) is 30.4 Å². The quantitative estimate of drug-likeness (QED) is 0.0611. The van der Waals surface area contributed by atoms with Crippen LogP contribution in [0.4, 0.5) is 0 Å². The lowest BCUT2D eigenvalue weighted by molar-refractivity contribution is -0.156. The van der Waals surface area contributed by atoms with E-state index in [9.17, 15) is 58.5 Å². The molecule has 2 aromatic rings. The van der Waals surface area contributed by atoms with Gasteiger partial charge in [-0.2, -0.15) is 0 Å². The van der Waals surface area contributed by atoms with Crippen molar-refractivity contribution < 1.29 is 63.2 Å². The number of aliphatic carboxylic acids is 1. The van der Waals surface area contributed by atoms with Gasteiger partial charge in [-0.05, 0) is 102 Å². The van der Waals surface area contributed by atoms with Crippen LogP contribution in [0.5, 0.6) is 11.5 Å². The number of esters is 1. The lowest BCUT2D eigenvalue weighted by atomic mass is 10.00. The third-order valence-electron chi connectivity index (χ3n) is 10.9. The maximum Gasteiger partial charge on any atom is 0.328 e. The van der Waals surface area contributed by atoms with Gasteiger partial charge >= 0.3 is 11.9 Å². The average molecular weight is 934 g/mol. The predicted octanol–water partition coefficient (Wildman–Crippen LogP) is 1.43. The molecule has 0 aliphatic carbocycles. The minimum Gasteiger partial charge on any atom is -0.508 e. The van der Waals surface area contributed by atoms with Crippen molar-refractivity contribution in [1.29, 1.82) is 0 Å². The molecule has 7 amide bonds. The van der Waals surface area contributed by atoms with Crippen LogP contribution in [-0.4, -0.2) is 111 Å². The SMILES string of the molecule is C/C=C1\NC(=O)[C@H](C)NC(=O)C(NC(=O)[C@@H](Cc2ccc(O)cc2)NC(=O)[C@@H](NC(=O)/C(C)=C/C)C(C)C)[C@@H](C)OC(=O)[C@H](CCCCc2ccc(O)cc2)NC(=O)[C@@H](CCC(=O)O)NC1=O. The van der Waals surface area contributed by atoms with Crippen LogP contribution in [0.3, 0.4) is 0 Å². The molecular formula is C47H63N7O13. The summed E-state index contributed by atoms with van der Waals surface area (Å²) in [6.45, 7) is 10.6. The Kier molecular flexibility index (Phi) is 21.0. The number of carboxylic acid groups (broad SMARTS) is 1. The third-order valence-corrected chi connectivity index (χ3v) is 10.9. The van der Waals surface area contributed by atoms with Crippen LogP contribution >= 0.6 is 0 Å². The van der Waals surface area contributed by atoms with Gasteiger partial charge < -0.3 is 57.3 Å². The Bertz CT molecular complexity index is 2170. The molecule has 1 fully saturated rings. The van der Waals surface area contributed by atoms with Crippen molar-refractivity contribution in [3.05, 3.63) is 83.1 Å². The van der Waals surface area contributed by atoms with E-state index < -0.39 is 114 Å². The van der Waals surface area contributed by atoms with E-state index in [1.54, 1.807) is 45.9 Å². The molecule has 0 bridgehead atoms. The second-order valence-electron chi connectivity index (χ2n) is 16.6. The van der Waals surface area contributed by atoms with Gasteiger partial charge in [0, 0.05) is 18.4 Å². The van der Waals surface area contributed by atoms with Gasteiger partial charge in [0.1, 0.15) is 59.6 Å². The number of nitrogens with one attached hydrogen (secondary N) is 7. The molecule has 1 aliphatic heterocycles. The number of allylic oxidation sites excluding steroid dienone is 2. The van der Waals surface area contributed by atoms with Gasteiger partial charge in [0.05, 0.1) is 0 Å². The zero-order chi connectivity index (χ0) is 50.0. The van der Waals surface area contributed by atoms with E-state index >= 15 is 0 Å². The van der Waals surface area contributed by atoms with Gasteiger partial charge in [-0.3, -0.25) is 38.4 Å². The van der Waals surface area contributed by atoms with Crippen LogP contribution < -0.4 is 37.2 Å². The summed E-state index contributed by atoms with van der Waals surface area (Å²) in [6, 6.07) is 3.57. The predicted molar refractivity (Wildman–Crippen MR) is 243 cm³/mol.